The van der Waals surface area contributed by atoms with Crippen molar-refractivity contribution in [1.29, 1.82) is 0 Å². The van der Waals surface area contributed by atoms with Gasteiger partial charge < -0.3 is 20.3 Å². The Hall–Kier alpha value is -2.32. The van der Waals surface area contributed by atoms with Gasteiger partial charge in [-0.05, 0) is 26.0 Å². The van der Waals surface area contributed by atoms with Gasteiger partial charge in [0.15, 0.2) is 0 Å². The molecule has 2 aliphatic heterocycles. The van der Waals surface area contributed by atoms with Crippen LogP contribution in [-0.4, -0.2) is 84.0 Å². The van der Waals surface area contributed by atoms with Gasteiger partial charge in [0.05, 0.1) is 19.0 Å². The van der Waals surface area contributed by atoms with Crippen molar-refractivity contribution in [1.82, 2.24) is 24.6 Å². The van der Waals surface area contributed by atoms with Gasteiger partial charge in [0.1, 0.15) is 5.82 Å². The van der Waals surface area contributed by atoms with E-state index in [4.69, 9.17) is 15.5 Å². The molecule has 0 atom stereocenters. The molecule has 4 rings (SSSR count). The van der Waals surface area contributed by atoms with E-state index in [0.717, 1.165) is 42.9 Å². The Morgan fingerprint density at radius 1 is 1.07 bits per heavy atom. The van der Waals surface area contributed by atoms with Crippen LogP contribution in [0.1, 0.15) is 12.8 Å². The summed E-state index contributed by atoms with van der Waals surface area (Å²) in [4.78, 5) is 12.2. The average Bonchev–Trinajstić information content (AvgIpc) is 3.15. The zero-order valence-electron chi connectivity index (χ0n) is 17.1. The fourth-order valence-corrected chi connectivity index (χ4v) is 4.31. The Kier molecular flexibility index (Phi) is 5.41. The fourth-order valence-electron chi connectivity index (χ4n) is 4.31. The molecule has 0 unspecified atom stereocenters. The van der Waals surface area contributed by atoms with Crippen LogP contribution in [0.15, 0.2) is 18.5 Å². The van der Waals surface area contributed by atoms with E-state index in [0.29, 0.717) is 17.6 Å². The van der Waals surface area contributed by atoms with Gasteiger partial charge in [-0.25, -0.2) is 0 Å². The minimum Gasteiger partial charge on any atom is -0.479 e. The SMILES string of the molecule is COc1nc(N2CCC(N3CCN(C)CC3)CC2)c(-c2cnn(C)c2)cc1N. The number of aromatic nitrogens is 3. The number of likely N-dealkylation sites (N-methyl/N-ethyl adjacent to an activating group) is 1. The minimum atomic E-state index is 0.490. The highest BCUT2D eigenvalue weighted by atomic mass is 16.5. The molecule has 0 saturated carbocycles. The average molecular weight is 386 g/mol. The van der Waals surface area contributed by atoms with Crippen LogP contribution >= 0.6 is 0 Å². The fraction of sp³-hybridized carbons (Fsp3) is 0.600. The lowest BCUT2D eigenvalue weighted by Crippen LogP contribution is -2.52. The number of pyridine rings is 1. The Morgan fingerprint density at radius 3 is 2.39 bits per heavy atom. The Balaban J connectivity index is 1.54. The number of rotatable bonds is 4. The van der Waals surface area contributed by atoms with Crippen LogP contribution in [0.4, 0.5) is 11.5 Å². The standard InChI is InChI=1S/C20H31N7O/c1-24-8-10-26(11-9-24)16-4-6-27(7-5-16)19-17(15-13-22-25(2)14-15)12-18(21)20(23-19)28-3/h12-14,16H,4-11,21H2,1-3H3. The van der Waals surface area contributed by atoms with Crippen molar-refractivity contribution in [2.24, 2.45) is 7.05 Å². The first-order valence-corrected chi connectivity index (χ1v) is 10.1. The quantitative estimate of drug-likeness (QED) is 0.850. The molecule has 2 aliphatic rings. The summed E-state index contributed by atoms with van der Waals surface area (Å²) in [6.45, 7) is 6.67. The maximum Gasteiger partial charge on any atom is 0.238 e. The second kappa shape index (κ2) is 7.97. The molecule has 4 heterocycles. The maximum atomic E-state index is 6.16. The number of aryl methyl sites for hydroxylation is 1. The van der Waals surface area contributed by atoms with Crippen LogP contribution in [0.5, 0.6) is 5.88 Å². The predicted molar refractivity (Wildman–Crippen MR) is 112 cm³/mol. The third-order valence-electron chi connectivity index (χ3n) is 6.02. The van der Waals surface area contributed by atoms with Crippen LogP contribution < -0.4 is 15.4 Å². The molecule has 8 nitrogen and oxygen atoms in total. The first-order valence-electron chi connectivity index (χ1n) is 10.1. The summed E-state index contributed by atoms with van der Waals surface area (Å²) in [7, 11) is 5.75. The zero-order chi connectivity index (χ0) is 19.7. The van der Waals surface area contributed by atoms with Gasteiger partial charge in [-0.2, -0.15) is 10.1 Å². The molecule has 28 heavy (non-hydrogen) atoms. The number of ether oxygens (including phenoxy) is 1. The van der Waals surface area contributed by atoms with E-state index in [1.54, 1.807) is 11.8 Å². The van der Waals surface area contributed by atoms with E-state index in [9.17, 15) is 0 Å². The first kappa shape index (κ1) is 19.0. The van der Waals surface area contributed by atoms with Crippen LogP contribution in [0.3, 0.4) is 0 Å². The molecule has 0 aromatic carbocycles. The lowest BCUT2D eigenvalue weighted by Gasteiger charge is -2.42. The number of nitrogen functional groups attached to an aromatic ring is 1. The number of piperidine rings is 1. The monoisotopic (exact) mass is 385 g/mol. The van der Waals surface area contributed by atoms with E-state index >= 15 is 0 Å². The van der Waals surface area contributed by atoms with Crippen LogP contribution in [-0.2, 0) is 7.05 Å². The molecule has 2 aromatic heterocycles. The number of anilines is 2. The van der Waals surface area contributed by atoms with Crippen molar-refractivity contribution < 1.29 is 4.74 Å². The van der Waals surface area contributed by atoms with Crippen LogP contribution in [0, 0.1) is 0 Å². The third kappa shape index (κ3) is 3.79. The van der Waals surface area contributed by atoms with Gasteiger partial charge in [-0.15, -0.1) is 0 Å². The summed E-state index contributed by atoms with van der Waals surface area (Å²) in [5.41, 5.74) is 8.76. The molecule has 0 aliphatic carbocycles. The molecule has 0 radical (unpaired) electrons. The van der Waals surface area contributed by atoms with E-state index < -0.39 is 0 Å². The number of nitrogens with two attached hydrogens (primary N) is 1. The Morgan fingerprint density at radius 2 is 1.79 bits per heavy atom. The van der Waals surface area contributed by atoms with Crippen molar-refractivity contribution in [3.63, 3.8) is 0 Å². The van der Waals surface area contributed by atoms with Gasteiger partial charge >= 0.3 is 0 Å². The molecule has 0 bridgehead atoms. The van der Waals surface area contributed by atoms with E-state index in [1.807, 2.05) is 25.5 Å². The summed E-state index contributed by atoms with van der Waals surface area (Å²) in [6, 6.07) is 2.63. The van der Waals surface area contributed by atoms with Crippen LogP contribution in [0.25, 0.3) is 11.1 Å². The van der Waals surface area contributed by atoms with Crippen molar-refractivity contribution >= 4 is 11.5 Å². The molecule has 2 aromatic rings. The van der Waals surface area contributed by atoms with Gasteiger partial charge in [-0.1, -0.05) is 0 Å². The number of nitrogens with zero attached hydrogens (tertiary/aromatic N) is 6. The molecule has 2 N–H and O–H groups in total. The largest absolute Gasteiger partial charge is 0.479 e. The predicted octanol–water partition coefficient (Wildman–Crippen LogP) is 1.29. The summed E-state index contributed by atoms with van der Waals surface area (Å²) < 4.78 is 7.21. The first-order chi connectivity index (χ1) is 13.5. The highest BCUT2D eigenvalue weighted by molar-refractivity contribution is 5.79. The zero-order valence-corrected chi connectivity index (χ0v) is 17.1. The lowest BCUT2D eigenvalue weighted by molar-refractivity contribution is 0.0981. The maximum absolute atomic E-state index is 6.16. The normalized spacial score (nSPS) is 19.9. The number of methoxy groups -OCH3 is 1. The van der Waals surface area contributed by atoms with Crippen molar-refractivity contribution in [3.05, 3.63) is 18.5 Å². The van der Waals surface area contributed by atoms with Gasteiger partial charge in [-0.3, -0.25) is 9.58 Å². The van der Waals surface area contributed by atoms with Crippen molar-refractivity contribution in [3.8, 4) is 17.0 Å². The molecule has 152 valence electrons. The highest BCUT2D eigenvalue weighted by Gasteiger charge is 2.28. The summed E-state index contributed by atoms with van der Waals surface area (Å²) in [5, 5.41) is 4.32. The van der Waals surface area contributed by atoms with Crippen molar-refractivity contribution in [2.45, 2.75) is 18.9 Å². The summed E-state index contributed by atoms with van der Waals surface area (Å²) >= 11 is 0. The molecule has 2 fully saturated rings. The van der Waals surface area contributed by atoms with Gasteiger partial charge in [0.2, 0.25) is 5.88 Å². The second-order valence-electron chi connectivity index (χ2n) is 7.92. The number of hydrogen-bond donors (Lipinski definition) is 1. The summed E-state index contributed by atoms with van der Waals surface area (Å²) in [5.74, 6) is 1.43. The molecule has 2 saturated heterocycles. The van der Waals surface area contributed by atoms with Gasteiger partial charge in [0, 0.05) is 69.7 Å². The third-order valence-corrected chi connectivity index (χ3v) is 6.02. The molecular weight excluding hydrogens is 354 g/mol. The van der Waals surface area contributed by atoms with Crippen molar-refractivity contribution in [2.75, 3.05) is 64.1 Å². The second-order valence-corrected chi connectivity index (χ2v) is 7.92. The van der Waals surface area contributed by atoms with Crippen LogP contribution in [0.2, 0.25) is 0 Å². The molecule has 0 spiro atoms. The summed E-state index contributed by atoms with van der Waals surface area (Å²) in [6.07, 6.45) is 6.18. The Labute approximate surface area is 166 Å². The molecule has 0 amide bonds. The molecular formula is C20H31N7O. The topological polar surface area (TPSA) is 75.7 Å². The highest BCUT2D eigenvalue weighted by Crippen LogP contribution is 2.36. The minimum absolute atomic E-state index is 0.490. The van der Waals surface area contributed by atoms with E-state index in [2.05, 4.69) is 26.8 Å². The Bertz CT molecular complexity index is 805. The number of hydrogen-bond acceptors (Lipinski definition) is 7. The molecule has 8 heteroatoms. The van der Waals surface area contributed by atoms with Gasteiger partial charge in [0.25, 0.3) is 0 Å². The number of piperazine rings is 1. The smallest absolute Gasteiger partial charge is 0.238 e. The lowest BCUT2D eigenvalue weighted by atomic mass is 10.0. The van der Waals surface area contributed by atoms with E-state index in [-0.39, 0.29) is 0 Å². The van der Waals surface area contributed by atoms with E-state index in [1.165, 1.54) is 26.2 Å².